The van der Waals surface area contributed by atoms with Crippen molar-refractivity contribution >= 4 is 46.9 Å². The van der Waals surface area contributed by atoms with Gasteiger partial charge < -0.3 is 10.1 Å². The summed E-state index contributed by atoms with van der Waals surface area (Å²) in [5, 5.41) is 7.13. The molecule has 142 valence electrons. The molecule has 0 unspecified atom stereocenters. The van der Waals surface area contributed by atoms with E-state index in [0.717, 1.165) is 12.0 Å². The Kier molecular flexibility index (Phi) is 8.10. The van der Waals surface area contributed by atoms with Crippen LogP contribution in [0, 0.1) is 0 Å². The number of carbonyl (C=O) groups excluding carboxylic acids is 2. The Balaban J connectivity index is 1.86. The Bertz CT molecular complexity index is 841. The van der Waals surface area contributed by atoms with Gasteiger partial charge >= 0.3 is 0 Å². The lowest BCUT2D eigenvalue weighted by Gasteiger charge is -2.07. The number of nitrogens with zero attached hydrogens (tertiary/aromatic N) is 1. The first-order chi connectivity index (χ1) is 13.0. The number of halogens is 2. The standard InChI is InChI=1S/C19H19Cl2N3O3/c1-2-9-27-17-6-4-3-5-13(17)12-22-24-19(26)11-18(25)23-14-7-8-15(20)16(21)10-14/h3-8,10,12H,2,9,11H2,1H3,(H,23,25)(H,24,26). The second-order valence-electron chi connectivity index (χ2n) is 5.53. The highest BCUT2D eigenvalue weighted by Crippen LogP contribution is 2.25. The third-order valence-corrected chi connectivity index (χ3v) is 4.04. The van der Waals surface area contributed by atoms with Crippen LogP contribution >= 0.6 is 23.2 Å². The molecule has 2 aromatic carbocycles. The molecule has 27 heavy (non-hydrogen) atoms. The summed E-state index contributed by atoms with van der Waals surface area (Å²) >= 11 is 11.7. The predicted molar refractivity (Wildman–Crippen MR) is 108 cm³/mol. The number of para-hydroxylation sites is 1. The van der Waals surface area contributed by atoms with Crippen molar-refractivity contribution in [1.29, 1.82) is 0 Å². The van der Waals surface area contributed by atoms with E-state index in [0.29, 0.717) is 28.1 Å². The van der Waals surface area contributed by atoms with Crippen molar-refractivity contribution in [2.24, 2.45) is 5.10 Å². The quantitative estimate of drug-likeness (QED) is 0.389. The van der Waals surface area contributed by atoms with Crippen LogP contribution < -0.4 is 15.5 Å². The maximum atomic E-state index is 11.9. The van der Waals surface area contributed by atoms with E-state index in [-0.39, 0.29) is 6.42 Å². The third kappa shape index (κ3) is 6.92. The number of ether oxygens (including phenoxy) is 1. The van der Waals surface area contributed by atoms with E-state index in [1.54, 1.807) is 12.1 Å². The van der Waals surface area contributed by atoms with Crippen LogP contribution in [-0.4, -0.2) is 24.6 Å². The van der Waals surface area contributed by atoms with Gasteiger partial charge in [-0.1, -0.05) is 42.3 Å². The molecule has 0 aliphatic heterocycles. The van der Waals surface area contributed by atoms with E-state index in [1.165, 1.54) is 12.3 Å². The summed E-state index contributed by atoms with van der Waals surface area (Å²) in [7, 11) is 0. The Morgan fingerprint density at radius 2 is 1.89 bits per heavy atom. The average Bonchev–Trinajstić information content (AvgIpc) is 2.64. The highest BCUT2D eigenvalue weighted by Gasteiger charge is 2.10. The van der Waals surface area contributed by atoms with Crippen LogP contribution in [0.4, 0.5) is 5.69 Å². The van der Waals surface area contributed by atoms with Gasteiger partial charge in [0.1, 0.15) is 12.2 Å². The first kappa shape index (κ1) is 20.7. The number of anilines is 1. The van der Waals surface area contributed by atoms with Crippen molar-refractivity contribution < 1.29 is 14.3 Å². The van der Waals surface area contributed by atoms with E-state index < -0.39 is 11.8 Å². The van der Waals surface area contributed by atoms with Gasteiger partial charge in [0.2, 0.25) is 11.8 Å². The highest BCUT2D eigenvalue weighted by atomic mass is 35.5. The SMILES string of the molecule is CCCOc1ccccc1C=NNC(=O)CC(=O)Nc1ccc(Cl)c(Cl)c1. The number of carbonyl (C=O) groups is 2. The van der Waals surface area contributed by atoms with E-state index in [2.05, 4.69) is 15.8 Å². The first-order valence-corrected chi connectivity index (χ1v) is 9.04. The summed E-state index contributed by atoms with van der Waals surface area (Å²) in [6.07, 6.45) is 1.97. The van der Waals surface area contributed by atoms with Crippen molar-refractivity contribution in [3.63, 3.8) is 0 Å². The van der Waals surface area contributed by atoms with Crippen LogP contribution in [0.25, 0.3) is 0 Å². The van der Waals surface area contributed by atoms with Gasteiger partial charge in [0.15, 0.2) is 0 Å². The van der Waals surface area contributed by atoms with E-state index in [4.69, 9.17) is 27.9 Å². The largest absolute Gasteiger partial charge is 0.493 e. The van der Waals surface area contributed by atoms with E-state index in [1.807, 2.05) is 31.2 Å². The molecular formula is C19H19Cl2N3O3. The Morgan fingerprint density at radius 1 is 1.11 bits per heavy atom. The second-order valence-corrected chi connectivity index (χ2v) is 6.35. The number of hydrogen-bond acceptors (Lipinski definition) is 4. The van der Waals surface area contributed by atoms with Crippen LogP contribution in [0.3, 0.4) is 0 Å². The van der Waals surface area contributed by atoms with Gasteiger partial charge in [0, 0.05) is 11.3 Å². The summed E-state index contributed by atoms with van der Waals surface area (Å²) in [6, 6.07) is 12.0. The van der Waals surface area contributed by atoms with E-state index >= 15 is 0 Å². The molecule has 0 atom stereocenters. The van der Waals surface area contributed by atoms with Crippen molar-refractivity contribution in [3.05, 3.63) is 58.1 Å². The molecule has 2 rings (SSSR count). The number of benzene rings is 2. The highest BCUT2D eigenvalue weighted by molar-refractivity contribution is 6.42. The van der Waals surface area contributed by atoms with Crippen LogP contribution in [0.1, 0.15) is 25.3 Å². The maximum absolute atomic E-state index is 11.9. The summed E-state index contributed by atoms with van der Waals surface area (Å²) in [5.74, 6) is -0.363. The van der Waals surface area contributed by atoms with E-state index in [9.17, 15) is 9.59 Å². The minimum atomic E-state index is -0.546. The fourth-order valence-electron chi connectivity index (χ4n) is 2.07. The van der Waals surface area contributed by atoms with Crippen molar-refractivity contribution in [2.45, 2.75) is 19.8 Å². The third-order valence-electron chi connectivity index (χ3n) is 3.30. The molecule has 0 saturated carbocycles. The maximum Gasteiger partial charge on any atom is 0.249 e. The molecule has 0 fully saturated rings. The topological polar surface area (TPSA) is 79.8 Å². The van der Waals surface area contributed by atoms with Gasteiger partial charge in [-0.25, -0.2) is 5.43 Å². The molecule has 0 aliphatic carbocycles. The number of rotatable bonds is 8. The lowest BCUT2D eigenvalue weighted by molar-refractivity contribution is -0.126. The molecule has 8 heteroatoms. The fraction of sp³-hybridized carbons (Fsp3) is 0.211. The Labute approximate surface area is 167 Å². The zero-order valence-electron chi connectivity index (χ0n) is 14.7. The summed E-state index contributed by atoms with van der Waals surface area (Å²) < 4.78 is 5.60. The summed E-state index contributed by atoms with van der Waals surface area (Å²) in [6.45, 7) is 2.60. The molecule has 2 N–H and O–H groups in total. The normalized spacial score (nSPS) is 10.6. The van der Waals surface area contributed by atoms with Crippen molar-refractivity contribution in [1.82, 2.24) is 5.43 Å². The zero-order chi connectivity index (χ0) is 19.6. The Hall–Kier alpha value is -2.57. The molecule has 0 radical (unpaired) electrons. The average molecular weight is 408 g/mol. The molecule has 2 amide bonds. The van der Waals surface area contributed by atoms with Crippen LogP contribution in [0.15, 0.2) is 47.6 Å². The molecular weight excluding hydrogens is 389 g/mol. The molecule has 0 aliphatic rings. The monoisotopic (exact) mass is 407 g/mol. The zero-order valence-corrected chi connectivity index (χ0v) is 16.2. The van der Waals surface area contributed by atoms with Gasteiger partial charge in [-0.15, -0.1) is 0 Å². The fourth-order valence-corrected chi connectivity index (χ4v) is 2.37. The smallest absolute Gasteiger partial charge is 0.249 e. The Morgan fingerprint density at radius 3 is 2.63 bits per heavy atom. The lowest BCUT2D eigenvalue weighted by atomic mass is 10.2. The minimum absolute atomic E-state index is 0.312. The first-order valence-electron chi connectivity index (χ1n) is 8.28. The van der Waals surface area contributed by atoms with Crippen LogP contribution in [0.5, 0.6) is 5.75 Å². The predicted octanol–water partition coefficient (Wildman–Crippen LogP) is 4.26. The molecule has 2 aromatic rings. The number of amides is 2. The lowest BCUT2D eigenvalue weighted by Crippen LogP contribution is -2.24. The molecule has 0 bridgehead atoms. The molecule has 0 saturated heterocycles. The number of hydrazone groups is 1. The molecule has 6 nitrogen and oxygen atoms in total. The summed E-state index contributed by atoms with van der Waals surface area (Å²) in [5.41, 5.74) is 3.50. The van der Waals surface area contributed by atoms with Crippen molar-refractivity contribution in [3.8, 4) is 5.75 Å². The second kappa shape index (κ2) is 10.5. The van der Waals surface area contributed by atoms with Gasteiger partial charge in [-0.3, -0.25) is 9.59 Å². The van der Waals surface area contributed by atoms with Crippen LogP contribution in [-0.2, 0) is 9.59 Å². The van der Waals surface area contributed by atoms with Gasteiger partial charge in [0.25, 0.3) is 0 Å². The van der Waals surface area contributed by atoms with Gasteiger partial charge in [-0.2, -0.15) is 5.10 Å². The van der Waals surface area contributed by atoms with Gasteiger partial charge in [0.05, 0.1) is 22.9 Å². The molecule has 0 heterocycles. The number of hydrogen-bond donors (Lipinski definition) is 2. The molecule has 0 aromatic heterocycles. The summed E-state index contributed by atoms with van der Waals surface area (Å²) in [4.78, 5) is 23.8. The van der Waals surface area contributed by atoms with Gasteiger partial charge in [-0.05, 0) is 36.8 Å². The minimum Gasteiger partial charge on any atom is -0.493 e. The van der Waals surface area contributed by atoms with Crippen molar-refractivity contribution in [2.75, 3.05) is 11.9 Å². The van der Waals surface area contributed by atoms with Crippen LogP contribution in [0.2, 0.25) is 10.0 Å². The molecule has 0 spiro atoms. The number of nitrogens with one attached hydrogen (secondary N) is 2.